The van der Waals surface area contributed by atoms with Crippen LogP contribution in [0, 0.1) is 0 Å². The number of carbonyl (C=O) groups is 1. The van der Waals surface area contributed by atoms with Crippen molar-refractivity contribution in [2.45, 2.75) is 71.0 Å². The van der Waals surface area contributed by atoms with E-state index in [2.05, 4.69) is 21.7 Å². The van der Waals surface area contributed by atoms with Gasteiger partial charge in [0, 0.05) is 0 Å². The van der Waals surface area contributed by atoms with Crippen LogP contribution in [0.3, 0.4) is 0 Å². The first-order chi connectivity index (χ1) is 10.3. The van der Waals surface area contributed by atoms with Crippen molar-refractivity contribution in [3.05, 3.63) is 35.9 Å². The third-order valence-electron chi connectivity index (χ3n) is 4.00. The Morgan fingerprint density at radius 2 is 1.77 bits per heavy atom. The van der Waals surface area contributed by atoms with Crippen molar-refractivity contribution in [2.24, 2.45) is 0 Å². The molecule has 0 aromatic heterocycles. The van der Waals surface area contributed by atoms with Crippen molar-refractivity contribution in [1.82, 2.24) is 0 Å². The Balaban J connectivity index is 2.55. The zero-order chi connectivity index (χ0) is 16.6. The van der Waals surface area contributed by atoms with E-state index in [4.69, 9.17) is 4.74 Å². The molecule has 0 heterocycles. The van der Waals surface area contributed by atoms with Crippen LogP contribution >= 0.6 is 0 Å². The van der Waals surface area contributed by atoms with Gasteiger partial charge in [-0.2, -0.15) is 0 Å². The molecule has 22 heavy (non-hydrogen) atoms. The fourth-order valence-electron chi connectivity index (χ4n) is 2.62. The van der Waals surface area contributed by atoms with Crippen LogP contribution in [0.1, 0.15) is 56.3 Å². The Kier molecular flexibility index (Phi) is 8.70. The first-order valence-corrected chi connectivity index (χ1v) is 18.8. The molecule has 0 bridgehead atoms. The van der Waals surface area contributed by atoms with E-state index in [0.717, 1.165) is 12.0 Å². The van der Waals surface area contributed by atoms with Gasteiger partial charge >= 0.3 is 141 Å². The maximum atomic E-state index is 12.3. The molecular formula is C19H32O2Sn. The molecule has 3 heteroatoms. The normalized spacial score (nSPS) is 14.6. The Hall–Kier alpha value is -0.351. The first-order valence-electron chi connectivity index (χ1n) is 8.58. The SMILES string of the molecule is CCCCC[C@@H](O[C@@H](C)CC(=O)c1ccccc1)[Sn]([CH3])([CH3])[CH3]. The third-order valence-corrected chi connectivity index (χ3v) is 10.7. The number of ether oxygens (including phenoxy) is 1. The molecule has 1 aromatic carbocycles. The van der Waals surface area contributed by atoms with Gasteiger partial charge in [0.2, 0.25) is 0 Å². The number of unbranched alkanes of at least 4 members (excludes halogenated alkanes) is 2. The van der Waals surface area contributed by atoms with Gasteiger partial charge in [0.1, 0.15) is 0 Å². The van der Waals surface area contributed by atoms with Gasteiger partial charge in [-0.25, -0.2) is 0 Å². The van der Waals surface area contributed by atoms with Gasteiger partial charge < -0.3 is 0 Å². The number of Topliss-reactive ketones (excluding diaryl/α,β-unsaturated/α-hetero) is 1. The second-order valence-corrected chi connectivity index (χ2v) is 22.6. The maximum absolute atomic E-state index is 12.3. The van der Waals surface area contributed by atoms with Gasteiger partial charge in [-0.1, -0.05) is 0 Å². The molecule has 2 atom stereocenters. The van der Waals surface area contributed by atoms with Crippen LogP contribution in [0.5, 0.6) is 0 Å². The predicted octanol–water partition coefficient (Wildman–Crippen LogP) is 5.49. The fraction of sp³-hybridized carbons (Fsp3) is 0.632. The summed E-state index contributed by atoms with van der Waals surface area (Å²) in [4.78, 5) is 19.6. The molecule has 124 valence electrons. The van der Waals surface area contributed by atoms with Crippen molar-refractivity contribution in [1.29, 1.82) is 0 Å². The van der Waals surface area contributed by atoms with E-state index in [1.807, 2.05) is 37.3 Å². The summed E-state index contributed by atoms with van der Waals surface area (Å²) in [6, 6.07) is 9.54. The molecule has 0 N–H and O–H groups in total. The summed E-state index contributed by atoms with van der Waals surface area (Å²) in [6.07, 6.45) is 5.42. The molecule has 0 aliphatic rings. The molecule has 2 nitrogen and oxygen atoms in total. The van der Waals surface area contributed by atoms with E-state index >= 15 is 0 Å². The van der Waals surface area contributed by atoms with E-state index in [-0.39, 0.29) is 11.9 Å². The molecule has 0 aliphatic heterocycles. The van der Waals surface area contributed by atoms with Crippen molar-refractivity contribution >= 4 is 24.2 Å². The Morgan fingerprint density at radius 3 is 2.32 bits per heavy atom. The second-order valence-electron chi connectivity index (χ2n) is 7.29. The Labute approximate surface area is 140 Å². The summed E-state index contributed by atoms with van der Waals surface area (Å²) in [5.74, 6) is 0.185. The van der Waals surface area contributed by atoms with Crippen LogP contribution in [0.2, 0.25) is 14.8 Å². The standard InChI is InChI=1S/C16H23O2.3CH3.Sn/c1-3-4-5-9-12-18-14(2)13-16(17)15-10-7-6-8-11-15;;;;/h6-8,10-12,14H,3-5,9,13H2,1-2H3;3*1H3;/t14-;;;;/m0..../s1. The van der Waals surface area contributed by atoms with E-state index in [1.54, 1.807) is 0 Å². The average molecular weight is 411 g/mol. The topological polar surface area (TPSA) is 26.3 Å². The van der Waals surface area contributed by atoms with Crippen LogP contribution < -0.4 is 0 Å². The molecule has 0 saturated carbocycles. The zero-order valence-corrected chi connectivity index (χ0v) is 17.7. The fourth-order valence-corrected chi connectivity index (χ4v) is 7.50. The first kappa shape index (κ1) is 19.7. The van der Waals surface area contributed by atoms with Crippen molar-refractivity contribution in [3.8, 4) is 0 Å². The summed E-state index contributed by atoms with van der Waals surface area (Å²) in [5.41, 5.74) is 0.791. The number of hydrogen-bond donors (Lipinski definition) is 0. The number of benzene rings is 1. The molecule has 0 amide bonds. The number of hydrogen-bond acceptors (Lipinski definition) is 2. The van der Waals surface area contributed by atoms with E-state index in [1.165, 1.54) is 19.3 Å². The van der Waals surface area contributed by atoms with Gasteiger partial charge in [0.15, 0.2) is 0 Å². The number of carbonyl (C=O) groups excluding carboxylic acids is 1. The van der Waals surface area contributed by atoms with Gasteiger partial charge in [-0.15, -0.1) is 0 Å². The average Bonchev–Trinajstić information content (AvgIpc) is 2.46. The zero-order valence-electron chi connectivity index (χ0n) is 14.9. The van der Waals surface area contributed by atoms with Crippen molar-refractivity contribution < 1.29 is 9.53 Å². The van der Waals surface area contributed by atoms with Crippen LogP contribution in [0.25, 0.3) is 0 Å². The van der Waals surface area contributed by atoms with E-state index < -0.39 is 18.4 Å². The van der Waals surface area contributed by atoms with Crippen LogP contribution in [-0.4, -0.2) is 34.4 Å². The summed E-state index contributed by atoms with van der Waals surface area (Å²) >= 11 is -2.12. The van der Waals surface area contributed by atoms with E-state index in [9.17, 15) is 4.79 Å². The van der Waals surface area contributed by atoms with Gasteiger partial charge in [-0.3, -0.25) is 0 Å². The molecule has 0 radical (unpaired) electrons. The molecule has 1 aromatic rings. The molecule has 0 fully saturated rings. The summed E-state index contributed by atoms with van der Waals surface area (Å²) in [5, 5.41) is 0. The molecule has 0 saturated heterocycles. The third kappa shape index (κ3) is 7.27. The van der Waals surface area contributed by atoms with Gasteiger partial charge in [0.25, 0.3) is 0 Å². The van der Waals surface area contributed by atoms with Crippen LogP contribution in [0.4, 0.5) is 0 Å². The van der Waals surface area contributed by atoms with Crippen molar-refractivity contribution in [3.63, 3.8) is 0 Å². The summed E-state index contributed by atoms with van der Waals surface area (Å²) in [6.45, 7) is 4.28. The molecule has 1 rings (SSSR count). The Bertz CT molecular complexity index is 436. The monoisotopic (exact) mass is 412 g/mol. The quantitative estimate of drug-likeness (QED) is 0.289. The van der Waals surface area contributed by atoms with Crippen LogP contribution in [0.15, 0.2) is 30.3 Å². The Morgan fingerprint density at radius 1 is 1.14 bits per heavy atom. The van der Waals surface area contributed by atoms with Gasteiger partial charge in [0.05, 0.1) is 0 Å². The second kappa shape index (κ2) is 9.71. The van der Waals surface area contributed by atoms with Crippen LogP contribution in [-0.2, 0) is 4.74 Å². The minimum atomic E-state index is -2.12. The number of rotatable bonds is 10. The predicted molar refractivity (Wildman–Crippen MR) is 97.2 cm³/mol. The summed E-state index contributed by atoms with van der Waals surface area (Å²) < 4.78 is 6.74. The molecular weight excluding hydrogens is 379 g/mol. The minimum absolute atomic E-state index is 0.00950. The number of ketones is 1. The van der Waals surface area contributed by atoms with Gasteiger partial charge in [-0.05, 0) is 0 Å². The molecule has 0 unspecified atom stereocenters. The van der Waals surface area contributed by atoms with Crippen molar-refractivity contribution in [2.75, 3.05) is 0 Å². The molecule has 0 spiro atoms. The molecule has 0 aliphatic carbocycles. The van der Waals surface area contributed by atoms with E-state index in [0.29, 0.717) is 10.5 Å². The summed E-state index contributed by atoms with van der Waals surface area (Å²) in [7, 11) is 0.